The molecule has 0 saturated carbocycles. The summed E-state index contributed by atoms with van der Waals surface area (Å²) in [5.41, 5.74) is 3.61. The number of benzene rings is 1. The number of aryl methyl sites for hydroxylation is 1. The van der Waals surface area contributed by atoms with Crippen molar-refractivity contribution in [2.75, 3.05) is 7.11 Å². The lowest BCUT2D eigenvalue weighted by Gasteiger charge is -2.42. The van der Waals surface area contributed by atoms with Crippen LogP contribution in [0.2, 0.25) is 0 Å². The van der Waals surface area contributed by atoms with E-state index in [0.29, 0.717) is 12.8 Å². The van der Waals surface area contributed by atoms with Crippen molar-refractivity contribution in [3.63, 3.8) is 0 Å². The topological polar surface area (TPSA) is 63.6 Å². The molecular formula is C19H22O4. The first-order valence-corrected chi connectivity index (χ1v) is 8.01. The van der Waals surface area contributed by atoms with Gasteiger partial charge >= 0.3 is 5.97 Å². The molecule has 0 unspecified atom stereocenters. The zero-order valence-corrected chi connectivity index (χ0v) is 13.8. The van der Waals surface area contributed by atoms with Crippen LogP contribution in [0, 0.1) is 11.3 Å². The third kappa shape index (κ3) is 2.37. The smallest absolute Gasteiger partial charge is 0.311 e. The van der Waals surface area contributed by atoms with Crippen LogP contribution in [0.3, 0.4) is 0 Å². The molecule has 4 nitrogen and oxygen atoms in total. The maximum absolute atomic E-state index is 12.1. The standard InChI is InChI=1S/C19H22O4/c1-11(20)19(2)9-8-15-14-7-5-13(23-3)10-12(14)4-6-16(15)17(19)18(21)22/h5,7,10,17H,4,6,8-9H2,1-3H3,(H,21,22)/t17-,19+/m0/s1. The Bertz CT molecular complexity index is 716. The fraction of sp³-hybridized carbons (Fsp3) is 0.474. The molecule has 0 bridgehead atoms. The van der Waals surface area contributed by atoms with Gasteiger partial charge < -0.3 is 9.84 Å². The summed E-state index contributed by atoms with van der Waals surface area (Å²) >= 11 is 0. The minimum absolute atomic E-state index is 0.0306. The number of carboxylic acid groups (broad SMARTS) is 1. The number of carboxylic acids is 1. The molecule has 1 aromatic carbocycles. The number of ketones is 1. The molecule has 0 spiro atoms. The van der Waals surface area contributed by atoms with Crippen LogP contribution in [0.25, 0.3) is 5.57 Å². The van der Waals surface area contributed by atoms with Crippen molar-refractivity contribution < 1.29 is 19.4 Å². The molecule has 0 amide bonds. The van der Waals surface area contributed by atoms with Crippen molar-refractivity contribution in [3.05, 3.63) is 34.9 Å². The number of carbonyl (C=O) groups excluding carboxylic acids is 1. The highest BCUT2D eigenvalue weighted by Crippen LogP contribution is 2.51. The summed E-state index contributed by atoms with van der Waals surface area (Å²) < 4.78 is 5.29. The van der Waals surface area contributed by atoms with Crippen molar-refractivity contribution in [3.8, 4) is 5.75 Å². The van der Waals surface area contributed by atoms with E-state index < -0.39 is 17.3 Å². The van der Waals surface area contributed by atoms with Gasteiger partial charge in [0.15, 0.2) is 0 Å². The van der Waals surface area contributed by atoms with E-state index in [1.807, 2.05) is 18.2 Å². The van der Waals surface area contributed by atoms with E-state index in [2.05, 4.69) is 0 Å². The Morgan fingerprint density at radius 1 is 1.26 bits per heavy atom. The second-order valence-electron chi connectivity index (χ2n) is 6.77. The lowest BCUT2D eigenvalue weighted by atomic mass is 9.60. The van der Waals surface area contributed by atoms with E-state index in [1.54, 1.807) is 14.0 Å². The molecule has 0 heterocycles. The van der Waals surface area contributed by atoms with Crippen molar-refractivity contribution in [2.45, 2.75) is 39.5 Å². The van der Waals surface area contributed by atoms with Gasteiger partial charge in [-0.1, -0.05) is 18.6 Å². The maximum atomic E-state index is 12.1. The van der Waals surface area contributed by atoms with Crippen LogP contribution in [0.4, 0.5) is 0 Å². The predicted octanol–water partition coefficient (Wildman–Crippen LogP) is 3.48. The number of aliphatic carboxylic acids is 1. The zero-order valence-electron chi connectivity index (χ0n) is 13.8. The molecule has 2 atom stereocenters. The molecule has 1 N–H and O–H groups in total. The fourth-order valence-corrected chi connectivity index (χ4v) is 4.12. The van der Waals surface area contributed by atoms with Gasteiger partial charge in [-0.05, 0) is 61.4 Å². The van der Waals surface area contributed by atoms with E-state index in [4.69, 9.17) is 4.74 Å². The molecule has 4 heteroatoms. The van der Waals surface area contributed by atoms with Crippen LogP contribution in [0.15, 0.2) is 23.8 Å². The van der Waals surface area contributed by atoms with Crippen molar-refractivity contribution in [2.24, 2.45) is 11.3 Å². The molecule has 1 aromatic rings. The lowest BCUT2D eigenvalue weighted by molar-refractivity contribution is -0.149. The van der Waals surface area contributed by atoms with E-state index in [9.17, 15) is 14.7 Å². The average Bonchev–Trinajstić information content (AvgIpc) is 2.53. The molecule has 0 aromatic heterocycles. The Labute approximate surface area is 136 Å². The molecule has 3 rings (SSSR count). The fourth-order valence-electron chi connectivity index (χ4n) is 4.12. The summed E-state index contributed by atoms with van der Waals surface area (Å²) in [6, 6.07) is 5.98. The molecule has 0 saturated heterocycles. The van der Waals surface area contributed by atoms with Gasteiger partial charge in [0.25, 0.3) is 0 Å². The van der Waals surface area contributed by atoms with Gasteiger partial charge in [0.2, 0.25) is 0 Å². The summed E-state index contributed by atoms with van der Waals surface area (Å²) in [5, 5.41) is 9.79. The SMILES string of the molecule is COc1ccc2c(c1)CCC1=C2CC[C@](C)(C(C)=O)[C@@H]1C(=O)O. The third-order valence-corrected chi connectivity index (χ3v) is 5.62. The lowest BCUT2D eigenvalue weighted by Crippen LogP contribution is -2.43. The first-order chi connectivity index (χ1) is 10.9. The van der Waals surface area contributed by atoms with Gasteiger partial charge in [0.05, 0.1) is 13.0 Å². The molecule has 23 heavy (non-hydrogen) atoms. The van der Waals surface area contributed by atoms with Crippen molar-refractivity contribution >= 4 is 17.3 Å². The van der Waals surface area contributed by atoms with E-state index in [0.717, 1.165) is 35.3 Å². The molecule has 2 aliphatic carbocycles. The van der Waals surface area contributed by atoms with Crippen molar-refractivity contribution in [1.29, 1.82) is 0 Å². The highest BCUT2D eigenvalue weighted by molar-refractivity contribution is 5.93. The Balaban J connectivity index is 2.13. The van der Waals surface area contributed by atoms with Gasteiger partial charge in [-0.15, -0.1) is 0 Å². The number of hydrogen-bond donors (Lipinski definition) is 1. The molecule has 0 radical (unpaired) electrons. The number of allylic oxidation sites excluding steroid dienone is 1. The van der Waals surface area contributed by atoms with E-state index >= 15 is 0 Å². The number of Topliss-reactive ketones (excluding diaryl/α,β-unsaturated/α-hetero) is 1. The zero-order chi connectivity index (χ0) is 16.8. The van der Waals surface area contributed by atoms with Crippen LogP contribution < -0.4 is 4.74 Å². The number of methoxy groups -OCH3 is 1. The largest absolute Gasteiger partial charge is 0.497 e. The highest BCUT2D eigenvalue weighted by Gasteiger charge is 2.49. The maximum Gasteiger partial charge on any atom is 0.311 e. The van der Waals surface area contributed by atoms with E-state index in [1.165, 1.54) is 12.5 Å². The van der Waals surface area contributed by atoms with Gasteiger partial charge in [-0.2, -0.15) is 0 Å². The Kier molecular flexibility index (Phi) is 3.78. The summed E-state index contributed by atoms with van der Waals surface area (Å²) in [7, 11) is 1.65. The van der Waals surface area contributed by atoms with E-state index in [-0.39, 0.29) is 5.78 Å². The predicted molar refractivity (Wildman–Crippen MR) is 87.4 cm³/mol. The van der Waals surface area contributed by atoms with Crippen LogP contribution in [0.1, 0.15) is 44.2 Å². The first kappa shape index (κ1) is 15.8. The van der Waals surface area contributed by atoms with Crippen LogP contribution in [-0.2, 0) is 16.0 Å². The van der Waals surface area contributed by atoms with Crippen LogP contribution in [-0.4, -0.2) is 24.0 Å². The summed E-state index contributed by atoms with van der Waals surface area (Å²) in [6.07, 6.45) is 2.84. The number of fused-ring (bicyclic) bond motifs is 2. The van der Waals surface area contributed by atoms with Crippen molar-refractivity contribution in [1.82, 2.24) is 0 Å². The molecule has 122 valence electrons. The Hall–Kier alpha value is -2.10. The molecular weight excluding hydrogens is 292 g/mol. The van der Waals surface area contributed by atoms with Gasteiger partial charge in [0.1, 0.15) is 11.5 Å². The minimum Gasteiger partial charge on any atom is -0.497 e. The van der Waals surface area contributed by atoms with Gasteiger partial charge in [-0.25, -0.2) is 0 Å². The Morgan fingerprint density at radius 3 is 2.61 bits per heavy atom. The monoisotopic (exact) mass is 314 g/mol. The van der Waals surface area contributed by atoms with Gasteiger partial charge in [-0.3, -0.25) is 9.59 Å². The molecule has 0 fully saturated rings. The second-order valence-corrected chi connectivity index (χ2v) is 6.77. The number of ether oxygens (including phenoxy) is 1. The number of carbonyl (C=O) groups is 2. The third-order valence-electron chi connectivity index (χ3n) is 5.62. The van der Waals surface area contributed by atoms with Crippen LogP contribution >= 0.6 is 0 Å². The summed E-state index contributed by atoms with van der Waals surface area (Å²) in [4.78, 5) is 24.1. The second kappa shape index (κ2) is 5.52. The Morgan fingerprint density at radius 2 is 2.00 bits per heavy atom. The molecule has 0 aliphatic heterocycles. The minimum atomic E-state index is -0.883. The quantitative estimate of drug-likeness (QED) is 0.927. The van der Waals surface area contributed by atoms with Crippen LogP contribution in [0.5, 0.6) is 5.75 Å². The first-order valence-electron chi connectivity index (χ1n) is 8.01. The summed E-state index contributed by atoms with van der Waals surface area (Å²) in [5.74, 6) is -0.796. The number of rotatable bonds is 3. The number of hydrogen-bond acceptors (Lipinski definition) is 3. The summed E-state index contributed by atoms with van der Waals surface area (Å²) in [6.45, 7) is 3.32. The average molecular weight is 314 g/mol. The molecule has 2 aliphatic rings. The van der Waals surface area contributed by atoms with Gasteiger partial charge in [0, 0.05) is 5.41 Å². The highest BCUT2D eigenvalue weighted by atomic mass is 16.5. The normalized spacial score (nSPS) is 26.3.